The van der Waals surface area contributed by atoms with Crippen LogP contribution >= 0.6 is 23.2 Å². The standard InChI is InChI=1S/C13H17Cl2NO2/c1-3-6-13(2,12(17)18)16-8-9-4-5-10(14)11(15)7-9/h4-5,7,16H,3,6,8H2,1-2H3,(H,17,18). The molecule has 0 aliphatic rings. The summed E-state index contributed by atoms with van der Waals surface area (Å²) in [5.74, 6) is -0.843. The number of hydrogen-bond acceptors (Lipinski definition) is 2. The minimum absolute atomic E-state index is 0.444. The van der Waals surface area contributed by atoms with Crippen LogP contribution in [0.3, 0.4) is 0 Å². The molecule has 3 nitrogen and oxygen atoms in total. The van der Waals surface area contributed by atoms with Gasteiger partial charge in [-0.2, -0.15) is 0 Å². The number of hydrogen-bond donors (Lipinski definition) is 2. The molecule has 18 heavy (non-hydrogen) atoms. The van der Waals surface area contributed by atoms with Gasteiger partial charge in [0.15, 0.2) is 0 Å². The van der Waals surface area contributed by atoms with E-state index in [4.69, 9.17) is 23.2 Å². The van der Waals surface area contributed by atoms with Gasteiger partial charge in [-0.1, -0.05) is 42.6 Å². The van der Waals surface area contributed by atoms with Crippen LogP contribution in [-0.2, 0) is 11.3 Å². The minimum atomic E-state index is -0.916. The number of halogens is 2. The first-order valence-corrected chi connectivity index (χ1v) is 6.57. The highest BCUT2D eigenvalue weighted by atomic mass is 35.5. The molecular formula is C13H17Cl2NO2. The fourth-order valence-corrected chi connectivity index (χ4v) is 2.04. The zero-order chi connectivity index (χ0) is 13.8. The lowest BCUT2D eigenvalue weighted by Gasteiger charge is -2.26. The highest BCUT2D eigenvalue weighted by Crippen LogP contribution is 2.23. The molecule has 0 radical (unpaired) electrons. The Morgan fingerprint density at radius 3 is 2.56 bits per heavy atom. The second-order valence-corrected chi connectivity index (χ2v) is 5.30. The van der Waals surface area contributed by atoms with E-state index in [0.717, 1.165) is 12.0 Å². The molecule has 1 atom stereocenters. The largest absolute Gasteiger partial charge is 0.480 e. The summed E-state index contributed by atoms with van der Waals surface area (Å²) in [6.07, 6.45) is 1.38. The van der Waals surface area contributed by atoms with E-state index < -0.39 is 11.5 Å². The zero-order valence-electron chi connectivity index (χ0n) is 10.5. The minimum Gasteiger partial charge on any atom is -0.480 e. The molecule has 0 bridgehead atoms. The Morgan fingerprint density at radius 1 is 1.39 bits per heavy atom. The fourth-order valence-electron chi connectivity index (χ4n) is 1.72. The van der Waals surface area contributed by atoms with Gasteiger partial charge in [-0.15, -0.1) is 0 Å². The van der Waals surface area contributed by atoms with E-state index in [1.807, 2.05) is 13.0 Å². The third-order valence-corrected chi connectivity index (χ3v) is 3.63. The van der Waals surface area contributed by atoms with E-state index in [0.29, 0.717) is 23.0 Å². The second-order valence-electron chi connectivity index (χ2n) is 4.49. The van der Waals surface area contributed by atoms with E-state index in [2.05, 4.69) is 5.32 Å². The fraction of sp³-hybridized carbons (Fsp3) is 0.462. The molecule has 0 saturated heterocycles. The summed E-state index contributed by atoms with van der Waals surface area (Å²) in [6.45, 7) is 4.10. The molecule has 1 aromatic carbocycles. The molecule has 0 amide bonds. The number of nitrogens with one attached hydrogen (secondary N) is 1. The number of benzene rings is 1. The topological polar surface area (TPSA) is 49.3 Å². The average molecular weight is 290 g/mol. The van der Waals surface area contributed by atoms with Crippen LogP contribution in [0.25, 0.3) is 0 Å². The van der Waals surface area contributed by atoms with Crippen molar-refractivity contribution in [3.8, 4) is 0 Å². The van der Waals surface area contributed by atoms with Gasteiger partial charge >= 0.3 is 5.97 Å². The lowest BCUT2D eigenvalue weighted by molar-refractivity contribution is -0.144. The maximum atomic E-state index is 11.2. The van der Waals surface area contributed by atoms with E-state index >= 15 is 0 Å². The van der Waals surface area contributed by atoms with Crippen LogP contribution in [0.4, 0.5) is 0 Å². The Bertz CT molecular complexity index is 437. The Morgan fingerprint density at radius 2 is 2.06 bits per heavy atom. The number of carbonyl (C=O) groups is 1. The molecule has 0 saturated carbocycles. The van der Waals surface area contributed by atoms with Gasteiger partial charge in [0.1, 0.15) is 5.54 Å². The summed E-state index contributed by atoms with van der Waals surface area (Å²) in [5, 5.41) is 13.3. The molecule has 1 unspecified atom stereocenters. The van der Waals surface area contributed by atoms with Crippen LogP contribution in [0.1, 0.15) is 32.3 Å². The smallest absolute Gasteiger partial charge is 0.323 e. The maximum absolute atomic E-state index is 11.2. The lowest BCUT2D eigenvalue weighted by atomic mass is 9.96. The van der Waals surface area contributed by atoms with Gasteiger partial charge < -0.3 is 5.11 Å². The van der Waals surface area contributed by atoms with Gasteiger partial charge in [-0.3, -0.25) is 10.1 Å². The van der Waals surface area contributed by atoms with Crippen molar-refractivity contribution in [3.63, 3.8) is 0 Å². The van der Waals surface area contributed by atoms with E-state index in [1.165, 1.54) is 0 Å². The Balaban J connectivity index is 2.73. The Kier molecular flexibility index (Phi) is 5.45. The molecule has 2 N–H and O–H groups in total. The van der Waals surface area contributed by atoms with Crippen LogP contribution in [0.5, 0.6) is 0 Å². The van der Waals surface area contributed by atoms with Crippen LogP contribution < -0.4 is 5.32 Å². The first-order chi connectivity index (χ1) is 8.39. The van der Waals surface area contributed by atoms with Crippen molar-refractivity contribution in [2.45, 2.75) is 38.8 Å². The van der Waals surface area contributed by atoms with Gasteiger partial charge in [0.05, 0.1) is 10.0 Å². The van der Waals surface area contributed by atoms with Crippen molar-refractivity contribution in [1.29, 1.82) is 0 Å². The van der Waals surface area contributed by atoms with Crippen LogP contribution in [0.15, 0.2) is 18.2 Å². The molecule has 0 spiro atoms. The molecule has 5 heteroatoms. The summed E-state index contributed by atoms with van der Waals surface area (Å²) in [5.41, 5.74) is -0.00565. The normalized spacial score (nSPS) is 14.2. The van der Waals surface area contributed by atoms with Crippen molar-refractivity contribution in [3.05, 3.63) is 33.8 Å². The molecular weight excluding hydrogens is 273 g/mol. The van der Waals surface area contributed by atoms with E-state index in [9.17, 15) is 9.90 Å². The first kappa shape index (κ1) is 15.3. The van der Waals surface area contributed by atoms with Gasteiger partial charge in [-0.25, -0.2) is 0 Å². The SMILES string of the molecule is CCCC(C)(NCc1ccc(Cl)c(Cl)c1)C(=O)O. The Hall–Kier alpha value is -0.770. The maximum Gasteiger partial charge on any atom is 0.323 e. The molecule has 0 aliphatic heterocycles. The van der Waals surface area contributed by atoms with Gasteiger partial charge in [0.2, 0.25) is 0 Å². The number of aliphatic carboxylic acids is 1. The van der Waals surface area contributed by atoms with Crippen LogP contribution in [0, 0.1) is 0 Å². The summed E-state index contributed by atoms with van der Waals surface area (Å²) in [4.78, 5) is 11.2. The van der Waals surface area contributed by atoms with Crippen LogP contribution in [0.2, 0.25) is 10.0 Å². The quantitative estimate of drug-likeness (QED) is 0.839. The molecule has 0 fully saturated rings. The predicted octanol–water partition coefficient (Wildman–Crippen LogP) is 3.73. The zero-order valence-corrected chi connectivity index (χ0v) is 12.0. The third-order valence-electron chi connectivity index (χ3n) is 2.89. The van der Waals surface area contributed by atoms with Crippen molar-refractivity contribution in [2.75, 3.05) is 0 Å². The van der Waals surface area contributed by atoms with Gasteiger partial charge in [0.25, 0.3) is 0 Å². The van der Waals surface area contributed by atoms with Crippen molar-refractivity contribution in [2.24, 2.45) is 0 Å². The highest BCUT2D eigenvalue weighted by molar-refractivity contribution is 6.42. The molecule has 0 aliphatic carbocycles. The highest BCUT2D eigenvalue weighted by Gasteiger charge is 2.31. The van der Waals surface area contributed by atoms with E-state index in [-0.39, 0.29) is 0 Å². The summed E-state index contributed by atoms with van der Waals surface area (Å²) in [6, 6.07) is 5.28. The van der Waals surface area contributed by atoms with Gasteiger partial charge in [0, 0.05) is 6.54 Å². The molecule has 100 valence electrons. The summed E-state index contributed by atoms with van der Waals surface area (Å²) < 4.78 is 0. The Labute approximate surface area is 117 Å². The number of carboxylic acid groups (broad SMARTS) is 1. The average Bonchev–Trinajstić information content (AvgIpc) is 2.31. The first-order valence-electron chi connectivity index (χ1n) is 5.81. The summed E-state index contributed by atoms with van der Waals surface area (Å²) >= 11 is 11.7. The van der Waals surface area contributed by atoms with Crippen LogP contribution in [-0.4, -0.2) is 16.6 Å². The third kappa shape index (κ3) is 3.87. The molecule has 1 aromatic rings. The number of rotatable bonds is 6. The summed E-state index contributed by atoms with van der Waals surface area (Å²) in [7, 11) is 0. The molecule has 1 rings (SSSR count). The second kappa shape index (κ2) is 6.41. The van der Waals surface area contributed by atoms with Crippen molar-refractivity contribution in [1.82, 2.24) is 5.32 Å². The monoisotopic (exact) mass is 289 g/mol. The number of carboxylic acids is 1. The van der Waals surface area contributed by atoms with Crippen molar-refractivity contribution < 1.29 is 9.90 Å². The van der Waals surface area contributed by atoms with Crippen molar-refractivity contribution >= 4 is 29.2 Å². The predicted molar refractivity (Wildman–Crippen MR) is 74.3 cm³/mol. The molecule has 0 aromatic heterocycles. The van der Waals surface area contributed by atoms with E-state index in [1.54, 1.807) is 19.1 Å². The molecule has 0 heterocycles. The van der Waals surface area contributed by atoms with Gasteiger partial charge in [-0.05, 0) is 31.0 Å². The lowest BCUT2D eigenvalue weighted by Crippen LogP contribution is -2.48.